The molecule has 0 unspecified atom stereocenters. The molecule has 0 spiro atoms. The molecule has 0 aliphatic rings. The highest BCUT2D eigenvalue weighted by Crippen LogP contribution is 2.21. The van der Waals surface area contributed by atoms with Crippen molar-refractivity contribution in [2.45, 2.75) is 25.7 Å². The number of aliphatic carboxylic acids is 1. The Bertz CT molecular complexity index is 594. The number of rotatable bonds is 8. The van der Waals surface area contributed by atoms with E-state index >= 15 is 0 Å². The third-order valence-corrected chi connectivity index (χ3v) is 3.53. The molecule has 0 bridgehead atoms. The van der Waals surface area contributed by atoms with Crippen LogP contribution < -0.4 is 5.32 Å². The topological polar surface area (TPSA) is 105 Å². The zero-order valence-electron chi connectivity index (χ0n) is 11.2. The molecule has 112 valence electrons. The van der Waals surface area contributed by atoms with Crippen LogP contribution >= 0.6 is 11.3 Å². The van der Waals surface area contributed by atoms with Crippen LogP contribution in [-0.2, 0) is 16.0 Å². The van der Waals surface area contributed by atoms with Crippen LogP contribution in [0.5, 0.6) is 0 Å². The molecule has 2 rings (SSSR count). The van der Waals surface area contributed by atoms with E-state index in [4.69, 9.17) is 9.63 Å². The van der Waals surface area contributed by atoms with E-state index < -0.39 is 5.97 Å². The van der Waals surface area contributed by atoms with E-state index in [9.17, 15) is 9.59 Å². The van der Waals surface area contributed by atoms with Gasteiger partial charge in [-0.15, -0.1) is 11.3 Å². The van der Waals surface area contributed by atoms with Crippen LogP contribution in [0, 0.1) is 0 Å². The maximum atomic E-state index is 11.6. The van der Waals surface area contributed by atoms with Crippen LogP contribution in [0.15, 0.2) is 22.0 Å². The number of carbonyl (C=O) groups is 2. The first-order valence-electron chi connectivity index (χ1n) is 6.50. The van der Waals surface area contributed by atoms with Crippen molar-refractivity contribution in [3.63, 3.8) is 0 Å². The Morgan fingerprint density at radius 2 is 2.24 bits per heavy atom. The largest absolute Gasteiger partial charge is 0.481 e. The maximum Gasteiger partial charge on any atom is 0.303 e. The minimum atomic E-state index is -0.865. The van der Waals surface area contributed by atoms with Crippen LogP contribution in [0.1, 0.15) is 25.2 Å². The van der Waals surface area contributed by atoms with E-state index in [0.717, 1.165) is 4.88 Å². The molecule has 0 radical (unpaired) electrons. The summed E-state index contributed by atoms with van der Waals surface area (Å²) in [5, 5.41) is 16.9. The quantitative estimate of drug-likeness (QED) is 0.719. The SMILES string of the molecule is O=C(O)CCCNC(=O)CCc1nc(-c2cccs2)no1. The first-order valence-corrected chi connectivity index (χ1v) is 7.38. The molecule has 8 heteroatoms. The number of aryl methyl sites for hydroxylation is 1. The van der Waals surface area contributed by atoms with Crippen molar-refractivity contribution < 1.29 is 19.2 Å². The van der Waals surface area contributed by atoms with Crippen molar-refractivity contribution >= 4 is 23.2 Å². The first kappa shape index (κ1) is 15.2. The summed E-state index contributed by atoms with van der Waals surface area (Å²) in [4.78, 5) is 27.0. The Kier molecular flexibility index (Phi) is 5.44. The van der Waals surface area contributed by atoms with Gasteiger partial charge in [0.15, 0.2) is 0 Å². The summed E-state index contributed by atoms with van der Waals surface area (Å²) in [7, 11) is 0. The van der Waals surface area contributed by atoms with Gasteiger partial charge in [0.2, 0.25) is 17.6 Å². The van der Waals surface area contributed by atoms with Gasteiger partial charge in [-0.3, -0.25) is 9.59 Å². The summed E-state index contributed by atoms with van der Waals surface area (Å²) >= 11 is 1.52. The molecule has 7 nitrogen and oxygen atoms in total. The lowest BCUT2D eigenvalue weighted by atomic mass is 10.2. The number of carboxylic acid groups (broad SMARTS) is 1. The fraction of sp³-hybridized carbons (Fsp3) is 0.385. The summed E-state index contributed by atoms with van der Waals surface area (Å²) in [5.41, 5.74) is 0. The molecule has 2 aromatic rings. The second-order valence-corrected chi connectivity index (χ2v) is 5.28. The fourth-order valence-corrected chi connectivity index (χ4v) is 2.29. The molecule has 0 fully saturated rings. The van der Waals surface area contributed by atoms with E-state index in [1.54, 1.807) is 0 Å². The van der Waals surface area contributed by atoms with E-state index in [1.165, 1.54) is 11.3 Å². The number of hydrogen-bond acceptors (Lipinski definition) is 6. The second-order valence-electron chi connectivity index (χ2n) is 4.34. The van der Waals surface area contributed by atoms with Crippen molar-refractivity contribution in [1.29, 1.82) is 0 Å². The molecule has 0 aromatic carbocycles. The van der Waals surface area contributed by atoms with Gasteiger partial charge in [-0.25, -0.2) is 0 Å². The van der Waals surface area contributed by atoms with Gasteiger partial charge in [-0.2, -0.15) is 4.98 Å². The number of thiophene rings is 1. The number of aromatic nitrogens is 2. The molecule has 1 amide bonds. The highest BCUT2D eigenvalue weighted by atomic mass is 32.1. The highest BCUT2D eigenvalue weighted by molar-refractivity contribution is 7.13. The average Bonchev–Trinajstić information content (AvgIpc) is 3.11. The Morgan fingerprint density at radius 3 is 2.95 bits per heavy atom. The van der Waals surface area contributed by atoms with Gasteiger partial charge < -0.3 is 14.9 Å². The number of hydrogen-bond donors (Lipinski definition) is 2. The Labute approximate surface area is 125 Å². The zero-order chi connectivity index (χ0) is 15.1. The number of amides is 1. The lowest BCUT2D eigenvalue weighted by Crippen LogP contribution is -2.25. The van der Waals surface area contributed by atoms with Crippen molar-refractivity contribution in [3.8, 4) is 10.7 Å². The third kappa shape index (κ3) is 4.99. The van der Waals surface area contributed by atoms with Gasteiger partial charge in [0.05, 0.1) is 4.88 Å². The van der Waals surface area contributed by atoms with Gasteiger partial charge in [0.25, 0.3) is 0 Å². The van der Waals surface area contributed by atoms with Crippen LogP contribution in [0.2, 0.25) is 0 Å². The zero-order valence-corrected chi connectivity index (χ0v) is 12.1. The van der Waals surface area contributed by atoms with Crippen LogP contribution in [0.3, 0.4) is 0 Å². The predicted molar refractivity (Wildman–Crippen MR) is 75.8 cm³/mol. The molecular formula is C13H15N3O4S. The van der Waals surface area contributed by atoms with Gasteiger partial charge in [-0.05, 0) is 17.9 Å². The fourth-order valence-electron chi connectivity index (χ4n) is 1.64. The average molecular weight is 309 g/mol. The number of carboxylic acids is 1. The standard InChI is InChI=1S/C13H15N3O4S/c17-10(14-7-1-4-12(18)19)5-6-11-15-13(16-20-11)9-3-2-8-21-9/h2-3,8H,1,4-7H2,(H,14,17)(H,18,19). The van der Waals surface area contributed by atoms with Crippen LogP contribution in [-0.4, -0.2) is 33.7 Å². The second kappa shape index (κ2) is 7.53. The molecule has 2 aromatic heterocycles. The summed E-state index contributed by atoms with van der Waals surface area (Å²) in [6, 6.07) is 3.80. The molecule has 0 aliphatic carbocycles. The summed E-state index contributed by atoms with van der Waals surface area (Å²) in [5.74, 6) is -0.0755. The Balaban J connectivity index is 1.71. The van der Waals surface area contributed by atoms with E-state index in [2.05, 4.69) is 15.5 Å². The van der Waals surface area contributed by atoms with Crippen molar-refractivity contribution in [1.82, 2.24) is 15.5 Å². The summed E-state index contributed by atoms with van der Waals surface area (Å²) < 4.78 is 5.08. The van der Waals surface area contributed by atoms with Crippen LogP contribution in [0.25, 0.3) is 10.7 Å². The third-order valence-electron chi connectivity index (χ3n) is 2.67. The smallest absolute Gasteiger partial charge is 0.303 e. The van der Waals surface area contributed by atoms with Gasteiger partial charge >= 0.3 is 5.97 Å². The lowest BCUT2D eigenvalue weighted by molar-refractivity contribution is -0.137. The summed E-state index contributed by atoms with van der Waals surface area (Å²) in [6.07, 6.45) is 1.07. The van der Waals surface area contributed by atoms with E-state index in [0.29, 0.717) is 31.1 Å². The predicted octanol–water partition coefficient (Wildman–Crippen LogP) is 1.71. The number of carbonyl (C=O) groups excluding carboxylic acids is 1. The lowest BCUT2D eigenvalue weighted by Gasteiger charge is -2.02. The van der Waals surface area contributed by atoms with Crippen LogP contribution in [0.4, 0.5) is 0 Å². The molecule has 0 aliphatic heterocycles. The van der Waals surface area contributed by atoms with Crippen molar-refractivity contribution in [3.05, 3.63) is 23.4 Å². The minimum absolute atomic E-state index is 0.0497. The molecule has 21 heavy (non-hydrogen) atoms. The minimum Gasteiger partial charge on any atom is -0.481 e. The molecular weight excluding hydrogens is 294 g/mol. The highest BCUT2D eigenvalue weighted by Gasteiger charge is 2.11. The number of nitrogens with zero attached hydrogens (tertiary/aromatic N) is 2. The Hall–Kier alpha value is -2.22. The molecule has 2 N–H and O–H groups in total. The van der Waals surface area contributed by atoms with Gasteiger partial charge in [-0.1, -0.05) is 11.2 Å². The molecule has 0 saturated carbocycles. The monoisotopic (exact) mass is 309 g/mol. The molecule has 2 heterocycles. The molecule has 0 atom stereocenters. The van der Waals surface area contributed by atoms with E-state index in [1.807, 2.05) is 17.5 Å². The maximum absolute atomic E-state index is 11.6. The van der Waals surface area contributed by atoms with E-state index in [-0.39, 0.29) is 18.7 Å². The number of nitrogens with one attached hydrogen (secondary N) is 1. The normalized spacial score (nSPS) is 10.5. The summed E-state index contributed by atoms with van der Waals surface area (Å²) in [6.45, 7) is 0.357. The van der Waals surface area contributed by atoms with Crippen molar-refractivity contribution in [2.24, 2.45) is 0 Å². The van der Waals surface area contributed by atoms with Crippen molar-refractivity contribution in [2.75, 3.05) is 6.54 Å². The van der Waals surface area contributed by atoms with Gasteiger partial charge in [0.1, 0.15) is 0 Å². The molecule has 0 saturated heterocycles. The Morgan fingerprint density at radius 1 is 1.38 bits per heavy atom. The first-order chi connectivity index (χ1) is 10.1. The van der Waals surface area contributed by atoms with Gasteiger partial charge in [0, 0.05) is 25.8 Å².